The van der Waals surface area contributed by atoms with Crippen LogP contribution in [0, 0.1) is 5.82 Å². The zero-order chi connectivity index (χ0) is 16.9. The minimum Gasteiger partial charge on any atom is -0.388 e. The number of halogens is 1. The van der Waals surface area contributed by atoms with Crippen molar-refractivity contribution in [3.8, 4) is 5.69 Å². The highest BCUT2D eigenvalue weighted by Gasteiger charge is 2.14. The van der Waals surface area contributed by atoms with Gasteiger partial charge in [0.1, 0.15) is 18.5 Å². The Bertz CT molecular complexity index is 819. The van der Waals surface area contributed by atoms with Gasteiger partial charge in [-0.3, -0.25) is 4.79 Å². The normalized spacial score (nSPS) is 11.9. The highest BCUT2D eigenvalue weighted by atomic mass is 19.1. The van der Waals surface area contributed by atoms with E-state index in [1.807, 2.05) is 0 Å². The standard InChI is InChI=1S/C17H15FN4O2/c18-13-3-1-2-12(8-13)16(23)9-17(24)21-14-4-6-15(7-5-14)22-11-19-10-20-22/h1-8,10-11,16,23H,9H2,(H,21,24). The largest absolute Gasteiger partial charge is 0.388 e. The molecule has 0 saturated carbocycles. The molecule has 1 atom stereocenters. The molecule has 0 bridgehead atoms. The number of nitrogens with zero attached hydrogens (tertiary/aromatic N) is 3. The second-order valence-corrected chi connectivity index (χ2v) is 5.21. The van der Waals surface area contributed by atoms with Gasteiger partial charge in [0.15, 0.2) is 0 Å². The van der Waals surface area contributed by atoms with E-state index in [0.717, 1.165) is 5.69 Å². The van der Waals surface area contributed by atoms with E-state index in [1.54, 1.807) is 41.3 Å². The molecular formula is C17H15FN4O2. The fourth-order valence-electron chi connectivity index (χ4n) is 2.26. The van der Waals surface area contributed by atoms with E-state index in [2.05, 4.69) is 15.4 Å². The summed E-state index contributed by atoms with van der Waals surface area (Å²) in [5, 5.41) is 16.7. The van der Waals surface area contributed by atoms with Gasteiger partial charge in [0.05, 0.1) is 18.2 Å². The number of anilines is 1. The van der Waals surface area contributed by atoms with Crippen LogP contribution in [-0.4, -0.2) is 25.8 Å². The van der Waals surface area contributed by atoms with Crippen molar-refractivity contribution in [1.82, 2.24) is 14.8 Å². The van der Waals surface area contributed by atoms with Crippen LogP contribution in [0.3, 0.4) is 0 Å². The van der Waals surface area contributed by atoms with Crippen LogP contribution >= 0.6 is 0 Å². The van der Waals surface area contributed by atoms with Crippen molar-refractivity contribution >= 4 is 11.6 Å². The number of hydrogen-bond donors (Lipinski definition) is 2. The maximum absolute atomic E-state index is 13.1. The molecule has 6 nitrogen and oxygen atoms in total. The summed E-state index contributed by atoms with van der Waals surface area (Å²) in [4.78, 5) is 15.9. The van der Waals surface area contributed by atoms with Crippen LogP contribution in [0.5, 0.6) is 0 Å². The Hall–Kier alpha value is -3.06. The number of hydrogen-bond acceptors (Lipinski definition) is 4. The fourth-order valence-corrected chi connectivity index (χ4v) is 2.26. The van der Waals surface area contributed by atoms with E-state index in [4.69, 9.17) is 0 Å². The van der Waals surface area contributed by atoms with Gasteiger partial charge >= 0.3 is 0 Å². The number of carbonyl (C=O) groups is 1. The zero-order valence-electron chi connectivity index (χ0n) is 12.6. The molecule has 1 unspecified atom stereocenters. The summed E-state index contributed by atoms with van der Waals surface area (Å²) in [6.07, 6.45) is 1.79. The number of aromatic nitrogens is 3. The Morgan fingerprint density at radius 2 is 2.04 bits per heavy atom. The lowest BCUT2D eigenvalue weighted by molar-refractivity contribution is -0.118. The van der Waals surface area contributed by atoms with Crippen LogP contribution in [0.2, 0.25) is 0 Å². The van der Waals surface area contributed by atoms with Crippen molar-refractivity contribution in [2.75, 3.05) is 5.32 Å². The Balaban J connectivity index is 1.60. The lowest BCUT2D eigenvalue weighted by Crippen LogP contribution is -2.15. The molecule has 1 heterocycles. The molecule has 0 aliphatic carbocycles. The maximum Gasteiger partial charge on any atom is 0.227 e. The monoisotopic (exact) mass is 326 g/mol. The number of rotatable bonds is 5. The Kier molecular flexibility index (Phi) is 4.62. The third-order valence-electron chi connectivity index (χ3n) is 3.45. The van der Waals surface area contributed by atoms with Crippen molar-refractivity contribution in [1.29, 1.82) is 0 Å². The van der Waals surface area contributed by atoms with Gasteiger partial charge in [0.25, 0.3) is 0 Å². The molecule has 3 aromatic rings. The molecule has 0 spiro atoms. The van der Waals surface area contributed by atoms with Crippen LogP contribution in [0.4, 0.5) is 10.1 Å². The Morgan fingerprint density at radius 3 is 2.71 bits per heavy atom. The Morgan fingerprint density at radius 1 is 1.25 bits per heavy atom. The molecule has 0 saturated heterocycles. The van der Waals surface area contributed by atoms with E-state index in [1.165, 1.54) is 24.5 Å². The van der Waals surface area contributed by atoms with E-state index >= 15 is 0 Å². The number of amides is 1. The second-order valence-electron chi connectivity index (χ2n) is 5.21. The molecule has 24 heavy (non-hydrogen) atoms. The summed E-state index contributed by atoms with van der Waals surface area (Å²) < 4.78 is 14.7. The molecule has 1 amide bonds. The first-order valence-electron chi connectivity index (χ1n) is 7.30. The van der Waals surface area contributed by atoms with Crippen LogP contribution in [-0.2, 0) is 4.79 Å². The quantitative estimate of drug-likeness (QED) is 0.755. The first-order valence-corrected chi connectivity index (χ1v) is 7.30. The van der Waals surface area contributed by atoms with E-state index < -0.39 is 11.9 Å². The average molecular weight is 326 g/mol. The smallest absolute Gasteiger partial charge is 0.227 e. The first-order chi connectivity index (χ1) is 11.6. The third kappa shape index (κ3) is 3.82. The van der Waals surface area contributed by atoms with Crippen LogP contribution in [0.15, 0.2) is 61.2 Å². The van der Waals surface area contributed by atoms with Crippen molar-refractivity contribution < 1.29 is 14.3 Å². The highest BCUT2D eigenvalue weighted by molar-refractivity contribution is 5.91. The van der Waals surface area contributed by atoms with Gasteiger partial charge in [0, 0.05) is 5.69 Å². The molecule has 0 aliphatic heterocycles. The minimum absolute atomic E-state index is 0.158. The predicted octanol–water partition coefficient (Wildman–Crippen LogP) is 2.47. The molecular weight excluding hydrogens is 311 g/mol. The number of nitrogens with one attached hydrogen (secondary N) is 1. The molecule has 2 aromatic carbocycles. The summed E-state index contributed by atoms with van der Waals surface area (Å²) in [5.41, 5.74) is 1.77. The average Bonchev–Trinajstić information content (AvgIpc) is 3.10. The molecule has 0 radical (unpaired) electrons. The van der Waals surface area contributed by atoms with Gasteiger partial charge < -0.3 is 10.4 Å². The third-order valence-corrected chi connectivity index (χ3v) is 3.45. The molecule has 7 heteroatoms. The van der Waals surface area contributed by atoms with Gasteiger partial charge in [-0.05, 0) is 42.0 Å². The molecule has 1 aromatic heterocycles. The molecule has 2 N–H and O–H groups in total. The number of carbonyl (C=O) groups excluding carboxylic acids is 1. The first kappa shape index (κ1) is 15.8. The van der Waals surface area contributed by atoms with Crippen molar-refractivity contribution in [2.24, 2.45) is 0 Å². The molecule has 122 valence electrons. The Labute approximate surface area is 137 Å². The number of aliphatic hydroxyl groups is 1. The van der Waals surface area contributed by atoms with E-state index in [9.17, 15) is 14.3 Å². The van der Waals surface area contributed by atoms with Crippen molar-refractivity contribution in [3.63, 3.8) is 0 Å². The molecule has 0 fully saturated rings. The van der Waals surface area contributed by atoms with E-state index in [0.29, 0.717) is 11.3 Å². The number of aliphatic hydroxyl groups excluding tert-OH is 1. The van der Waals surface area contributed by atoms with Crippen molar-refractivity contribution in [2.45, 2.75) is 12.5 Å². The van der Waals surface area contributed by atoms with Crippen molar-refractivity contribution in [3.05, 3.63) is 72.6 Å². The summed E-state index contributed by atoms with van der Waals surface area (Å²) >= 11 is 0. The van der Waals surface area contributed by atoms with Gasteiger partial charge in [-0.25, -0.2) is 14.1 Å². The maximum atomic E-state index is 13.1. The summed E-state index contributed by atoms with van der Waals surface area (Å²) in [5.74, 6) is -0.809. The lowest BCUT2D eigenvalue weighted by Gasteiger charge is -2.11. The highest BCUT2D eigenvalue weighted by Crippen LogP contribution is 2.19. The fraction of sp³-hybridized carbons (Fsp3) is 0.118. The SMILES string of the molecule is O=C(CC(O)c1cccc(F)c1)Nc1ccc(-n2cncn2)cc1. The molecule has 0 aliphatic rings. The summed E-state index contributed by atoms with van der Waals surface area (Å²) in [6, 6.07) is 12.6. The summed E-state index contributed by atoms with van der Waals surface area (Å²) in [7, 11) is 0. The van der Waals surface area contributed by atoms with E-state index in [-0.39, 0.29) is 12.3 Å². The van der Waals surface area contributed by atoms with Gasteiger partial charge in [-0.15, -0.1) is 0 Å². The van der Waals surface area contributed by atoms with Gasteiger partial charge in [0.2, 0.25) is 5.91 Å². The molecule has 3 rings (SSSR count). The van der Waals surface area contributed by atoms with Crippen LogP contribution < -0.4 is 5.32 Å². The predicted molar refractivity (Wildman–Crippen MR) is 86.0 cm³/mol. The van der Waals surface area contributed by atoms with Crippen LogP contribution in [0.25, 0.3) is 5.69 Å². The second kappa shape index (κ2) is 7.01. The van der Waals surface area contributed by atoms with Gasteiger partial charge in [-0.2, -0.15) is 5.10 Å². The zero-order valence-corrected chi connectivity index (χ0v) is 12.6. The van der Waals surface area contributed by atoms with Crippen LogP contribution in [0.1, 0.15) is 18.1 Å². The number of benzene rings is 2. The topological polar surface area (TPSA) is 80.0 Å². The summed E-state index contributed by atoms with van der Waals surface area (Å²) in [6.45, 7) is 0. The lowest BCUT2D eigenvalue weighted by atomic mass is 10.1. The minimum atomic E-state index is -1.06. The van der Waals surface area contributed by atoms with Gasteiger partial charge in [-0.1, -0.05) is 12.1 Å².